The highest BCUT2D eigenvalue weighted by atomic mass is 16.4. The van der Waals surface area contributed by atoms with Crippen LogP contribution in [0.4, 0.5) is 0 Å². The van der Waals surface area contributed by atoms with E-state index in [1.165, 1.54) is 0 Å². The molecule has 2 N–H and O–H groups in total. The summed E-state index contributed by atoms with van der Waals surface area (Å²) in [5, 5.41) is 17.6. The van der Waals surface area contributed by atoms with Crippen LogP contribution < -0.4 is 0 Å². The van der Waals surface area contributed by atoms with Gasteiger partial charge in [0.1, 0.15) is 0 Å². The van der Waals surface area contributed by atoms with E-state index in [1.807, 2.05) is 13.8 Å². The highest BCUT2D eigenvalue weighted by molar-refractivity contribution is 6.01. The summed E-state index contributed by atoms with van der Waals surface area (Å²) in [5.41, 5.74) is 0.00574. The van der Waals surface area contributed by atoms with Gasteiger partial charge in [-0.05, 0) is 12.3 Å². The number of aliphatic hydroxyl groups excluding tert-OH is 1. The minimum absolute atomic E-state index is 0.00574. The van der Waals surface area contributed by atoms with Gasteiger partial charge in [-0.1, -0.05) is 20.8 Å². The van der Waals surface area contributed by atoms with Crippen LogP contribution in [0.25, 0.3) is 0 Å². The molecule has 0 fully saturated rings. The predicted molar refractivity (Wildman–Crippen MR) is 52.0 cm³/mol. The Kier molecular flexibility index (Phi) is 4.91. The third-order valence-electron chi connectivity index (χ3n) is 1.77. The number of aliphatic hydroxyl groups is 1. The van der Waals surface area contributed by atoms with Gasteiger partial charge in [-0.25, -0.2) is 4.79 Å². The van der Waals surface area contributed by atoms with Crippen molar-refractivity contribution in [3.63, 3.8) is 0 Å². The standard InChI is InChI=1S/C10H16O4/c1-4-7(9(12)10(13)14)8(11)5-6(2)3/h6,12H,4-5H2,1-3H3,(H,13,14)/b9-7+. The molecule has 0 amide bonds. The fourth-order valence-corrected chi connectivity index (χ4v) is 1.12. The van der Waals surface area contributed by atoms with Gasteiger partial charge in [0, 0.05) is 12.0 Å². The van der Waals surface area contributed by atoms with Crippen molar-refractivity contribution in [1.82, 2.24) is 0 Å². The first-order chi connectivity index (χ1) is 6.40. The fraction of sp³-hybridized carbons (Fsp3) is 0.600. The summed E-state index contributed by atoms with van der Waals surface area (Å²) in [5.74, 6) is -2.40. The molecule has 0 heterocycles. The molecule has 0 saturated carbocycles. The molecule has 4 heteroatoms. The normalized spacial score (nSPS) is 12.6. The van der Waals surface area contributed by atoms with Crippen molar-refractivity contribution in [2.45, 2.75) is 33.6 Å². The second kappa shape index (κ2) is 5.42. The van der Waals surface area contributed by atoms with Crippen molar-refractivity contribution < 1.29 is 19.8 Å². The molecule has 0 unspecified atom stereocenters. The summed E-state index contributed by atoms with van der Waals surface area (Å²) in [6.07, 6.45) is 0.504. The molecule has 0 saturated heterocycles. The van der Waals surface area contributed by atoms with E-state index in [0.29, 0.717) is 0 Å². The third kappa shape index (κ3) is 3.60. The highest BCUT2D eigenvalue weighted by Gasteiger charge is 2.18. The Hall–Kier alpha value is -1.32. The Morgan fingerprint density at radius 2 is 1.71 bits per heavy atom. The summed E-state index contributed by atoms with van der Waals surface area (Å²) in [6, 6.07) is 0. The van der Waals surface area contributed by atoms with Gasteiger partial charge >= 0.3 is 5.97 Å². The van der Waals surface area contributed by atoms with Gasteiger partial charge in [0.2, 0.25) is 5.76 Å². The molecule has 0 spiro atoms. The largest absolute Gasteiger partial charge is 0.502 e. The first-order valence-electron chi connectivity index (χ1n) is 4.58. The fourth-order valence-electron chi connectivity index (χ4n) is 1.12. The molecule has 80 valence electrons. The molecule has 0 atom stereocenters. The number of carboxylic acid groups (broad SMARTS) is 1. The molecule has 14 heavy (non-hydrogen) atoms. The summed E-state index contributed by atoms with van der Waals surface area (Å²) >= 11 is 0. The van der Waals surface area contributed by atoms with Gasteiger partial charge in [-0.15, -0.1) is 0 Å². The van der Waals surface area contributed by atoms with Crippen molar-refractivity contribution >= 4 is 11.8 Å². The van der Waals surface area contributed by atoms with E-state index in [2.05, 4.69) is 0 Å². The second-order valence-electron chi connectivity index (χ2n) is 3.51. The summed E-state index contributed by atoms with van der Waals surface area (Å²) < 4.78 is 0. The van der Waals surface area contributed by atoms with Crippen molar-refractivity contribution in [3.05, 3.63) is 11.3 Å². The highest BCUT2D eigenvalue weighted by Crippen LogP contribution is 2.13. The van der Waals surface area contributed by atoms with Crippen LogP contribution in [-0.2, 0) is 9.59 Å². The van der Waals surface area contributed by atoms with Gasteiger partial charge in [-0.3, -0.25) is 4.79 Å². The van der Waals surface area contributed by atoms with E-state index in [9.17, 15) is 9.59 Å². The van der Waals surface area contributed by atoms with E-state index in [1.54, 1.807) is 6.92 Å². The van der Waals surface area contributed by atoms with Crippen LogP contribution in [0.3, 0.4) is 0 Å². The summed E-state index contributed by atoms with van der Waals surface area (Å²) in [4.78, 5) is 21.9. The van der Waals surface area contributed by atoms with Crippen LogP contribution in [0, 0.1) is 5.92 Å². The molecule has 0 aliphatic heterocycles. The van der Waals surface area contributed by atoms with Crippen LogP contribution in [0.2, 0.25) is 0 Å². The molecule has 0 bridgehead atoms. The molecular formula is C10H16O4. The van der Waals surface area contributed by atoms with Crippen molar-refractivity contribution in [3.8, 4) is 0 Å². The SMILES string of the molecule is CC/C(C(=O)CC(C)C)=C(\O)C(=O)O. The quantitative estimate of drug-likeness (QED) is 0.525. The Balaban J connectivity index is 4.81. The number of aliphatic carboxylic acids is 1. The maximum Gasteiger partial charge on any atom is 0.371 e. The van der Waals surface area contributed by atoms with Crippen LogP contribution in [0.15, 0.2) is 11.3 Å². The lowest BCUT2D eigenvalue weighted by Gasteiger charge is -2.07. The Morgan fingerprint density at radius 1 is 1.21 bits per heavy atom. The van der Waals surface area contributed by atoms with Gasteiger partial charge in [0.25, 0.3) is 0 Å². The van der Waals surface area contributed by atoms with Gasteiger partial charge < -0.3 is 10.2 Å². The third-order valence-corrected chi connectivity index (χ3v) is 1.77. The second-order valence-corrected chi connectivity index (χ2v) is 3.51. The number of hydrogen-bond donors (Lipinski definition) is 2. The topological polar surface area (TPSA) is 74.6 Å². The number of carbonyl (C=O) groups is 2. The van der Waals surface area contributed by atoms with Crippen LogP contribution in [0.1, 0.15) is 33.6 Å². The first-order valence-corrected chi connectivity index (χ1v) is 4.58. The maximum atomic E-state index is 11.4. The van der Waals surface area contributed by atoms with Crippen molar-refractivity contribution in [1.29, 1.82) is 0 Å². The van der Waals surface area contributed by atoms with Crippen LogP contribution in [0.5, 0.6) is 0 Å². The van der Waals surface area contributed by atoms with E-state index in [-0.39, 0.29) is 30.1 Å². The lowest BCUT2D eigenvalue weighted by molar-refractivity contribution is -0.136. The zero-order valence-electron chi connectivity index (χ0n) is 8.70. The Morgan fingerprint density at radius 3 is 2.00 bits per heavy atom. The average Bonchev–Trinajstić information content (AvgIpc) is 2.03. The molecular weight excluding hydrogens is 184 g/mol. The van der Waals surface area contributed by atoms with E-state index in [0.717, 1.165) is 0 Å². The number of carboxylic acids is 1. The van der Waals surface area contributed by atoms with E-state index < -0.39 is 11.7 Å². The van der Waals surface area contributed by atoms with Crippen molar-refractivity contribution in [2.24, 2.45) is 5.92 Å². The minimum atomic E-state index is -1.45. The smallest absolute Gasteiger partial charge is 0.371 e. The predicted octanol–water partition coefficient (Wildman–Crippen LogP) is 1.91. The lowest BCUT2D eigenvalue weighted by atomic mass is 9.98. The number of hydrogen-bond acceptors (Lipinski definition) is 3. The maximum absolute atomic E-state index is 11.4. The summed E-state index contributed by atoms with van der Waals surface area (Å²) in [6.45, 7) is 5.37. The monoisotopic (exact) mass is 200 g/mol. The molecule has 0 aliphatic carbocycles. The molecule has 4 nitrogen and oxygen atoms in total. The van der Waals surface area contributed by atoms with Gasteiger partial charge in [0.05, 0.1) is 0 Å². The number of rotatable bonds is 5. The molecule has 0 aliphatic rings. The summed E-state index contributed by atoms with van der Waals surface area (Å²) in [7, 11) is 0. The zero-order valence-corrected chi connectivity index (χ0v) is 8.70. The first kappa shape index (κ1) is 12.7. The lowest BCUT2D eigenvalue weighted by Crippen LogP contribution is -2.12. The average molecular weight is 200 g/mol. The number of carbonyl (C=O) groups excluding carboxylic acids is 1. The van der Waals surface area contributed by atoms with Crippen LogP contribution >= 0.6 is 0 Å². The molecule has 0 aromatic rings. The molecule has 0 aromatic carbocycles. The van der Waals surface area contributed by atoms with Crippen molar-refractivity contribution in [2.75, 3.05) is 0 Å². The van der Waals surface area contributed by atoms with Gasteiger partial charge in [-0.2, -0.15) is 0 Å². The number of ketones is 1. The number of Topliss-reactive ketones (excluding diaryl/α,β-unsaturated/α-hetero) is 1. The molecule has 0 radical (unpaired) electrons. The van der Waals surface area contributed by atoms with E-state index >= 15 is 0 Å². The Bertz CT molecular complexity index is 263. The Labute approximate surface area is 83.2 Å². The molecule has 0 aromatic heterocycles. The van der Waals surface area contributed by atoms with Crippen LogP contribution in [-0.4, -0.2) is 22.0 Å². The zero-order chi connectivity index (χ0) is 11.3. The molecule has 0 rings (SSSR count). The number of allylic oxidation sites excluding steroid dienone is 1. The van der Waals surface area contributed by atoms with Gasteiger partial charge in [0.15, 0.2) is 5.78 Å². The van der Waals surface area contributed by atoms with E-state index in [4.69, 9.17) is 10.2 Å². The minimum Gasteiger partial charge on any atom is -0.502 e.